The Hall–Kier alpha value is -1.03. The van der Waals surface area contributed by atoms with Crippen LogP contribution in [0.5, 0.6) is 5.75 Å². The van der Waals surface area contributed by atoms with Gasteiger partial charge in [0.2, 0.25) is 5.91 Å². The van der Waals surface area contributed by atoms with Crippen LogP contribution in [0.2, 0.25) is 0 Å². The number of hydrogen-bond donors (Lipinski definition) is 1. The van der Waals surface area contributed by atoms with Gasteiger partial charge in [-0.05, 0) is 31.0 Å². The van der Waals surface area contributed by atoms with E-state index in [1.54, 1.807) is 18.2 Å². The molecule has 0 aromatic heterocycles. The second-order valence-corrected chi connectivity index (χ2v) is 4.99. The average Bonchev–Trinajstić information content (AvgIpc) is 2.38. The summed E-state index contributed by atoms with van der Waals surface area (Å²) in [5, 5.41) is 1.09. The van der Waals surface area contributed by atoms with Gasteiger partial charge >= 0.3 is 0 Å². The van der Waals surface area contributed by atoms with Crippen molar-refractivity contribution in [2.24, 2.45) is 5.73 Å². The fourth-order valence-corrected chi connectivity index (χ4v) is 2.05. The molecular weight excluding hydrogens is 294 g/mol. The van der Waals surface area contributed by atoms with Crippen molar-refractivity contribution in [2.75, 3.05) is 11.9 Å². The summed E-state index contributed by atoms with van der Waals surface area (Å²) in [5.74, 6) is 0.294. The van der Waals surface area contributed by atoms with E-state index in [1.165, 1.54) is 25.7 Å². The monoisotopic (exact) mass is 313 g/mol. The van der Waals surface area contributed by atoms with E-state index in [0.717, 1.165) is 11.8 Å². The fraction of sp³-hybridized carbons (Fsp3) is 0.500. The van der Waals surface area contributed by atoms with Crippen LogP contribution in [0.3, 0.4) is 0 Å². The standard InChI is InChI=1S/C14H20BrNO2/c15-9-4-2-1-3-5-10-18-13-8-6-7-12(11-13)14(16)17/h6-8,11H,1-5,9-10H2,(H2,16,17). The Labute approximate surface area is 117 Å². The van der Waals surface area contributed by atoms with E-state index in [-0.39, 0.29) is 0 Å². The molecular formula is C14H20BrNO2. The predicted molar refractivity (Wildman–Crippen MR) is 77.3 cm³/mol. The molecule has 0 heterocycles. The summed E-state index contributed by atoms with van der Waals surface area (Å²) in [5.41, 5.74) is 5.70. The Bertz CT molecular complexity index is 369. The van der Waals surface area contributed by atoms with E-state index in [1.807, 2.05) is 6.07 Å². The lowest BCUT2D eigenvalue weighted by molar-refractivity contribution is 0.1000. The summed E-state index contributed by atoms with van der Waals surface area (Å²) in [7, 11) is 0. The third kappa shape index (κ3) is 6.05. The van der Waals surface area contributed by atoms with E-state index < -0.39 is 5.91 Å². The van der Waals surface area contributed by atoms with Gasteiger partial charge in [0.25, 0.3) is 0 Å². The molecule has 1 aromatic carbocycles. The Morgan fingerprint density at radius 1 is 1.17 bits per heavy atom. The summed E-state index contributed by atoms with van der Waals surface area (Å²) < 4.78 is 5.59. The molecule has 0 atom stereocenters. The van der Waals surface area contributed by atoms with Gasteiger partial charge in [0.15, 0.2) is 0 Å². The maximum Gasteiger partial charge on any atom is 0.248 e. The molecule has 3 nitrogen and oxygen atoms in total. The zero-order valence-electron chi connectivity index (χ0n) is 10.5. The highest BCUT2D eigenvalue weighted by atomic mass is 79.9. The van der Waals surface area contributed by atoms with E-state index in [2.05, 4.69) is 15.9 Å². The molecule has 0 radical (unpaired) electrons. The first kappa shape index (κ1) is 15.0. The van der Waals surface area contributed by atoms with Crippen molar-refractivity contribution in [2.45, 2.75) is 32.1 Å². The van der Waals surface area contributed by atoms with E-state index in [4.69, 9.17) is 10.5 Å². The van der Waals surface area contributed by atoms with Crippen molar-refractivity contribution in [1.29, 1.82) is 0 Å². The van der Waals surface area contributed by atoms with Gasteiger partial charge in [-0.1, -0.05) is 41.3 Å². The molecule has 0 spiro atoms. The number of hydrogen-bond acceptors (Lipinski definition) is 2. The number of unbranched alkanes of at least 4 members (excludes halogenated alkanes) is 4. The predicted octanol–water partition coefficient (Wildman–Crippen LogP) is 3.51. The third-order valence-electron chi connectivity index (χ3n) is 2.67. The number of carbonyl (C=O) groups excluding carboxylic acids is 1. The molecule has 2 N–H and O–H groups in total. The van der Waals surface area contributed by atoms with Gasteiger partial charge in [-0.3, -0.25) is 4.79 Å². The molecule has 0 fully saturated rings. The first-order chi connectivity index (χ1) is 8.74. The summed E-state index contributed by atoms with van der Waals surface area (Å²) in [4.78, 5) is 11.0. The molecule has 0 saturated carbocycles. The molecule has 0 unspecified atom stereocenters. The van der Waals surface area contributed by atoms with Gasteiger partial charge in [-0.2, -0.15) is 0 Å². The Morgan fingerprint density at radius 3 is 2.61 bits per heavy atom. The summed E-state index contributed by atoms with van der Waals surface area (Å²) in [6.45, 7) is 0.691. The smallest absolute Gasteiger partial charge is 0.248 e. The lowest BCUT2D eigenvalue weighted by atomic mass is 10.2. The Kier molecular flexibility index (Phi) is 7.49. The van der Waals surface area contributed by atoms with Crippen molar-refractivity contribution in [3.05, 3.63) is 29.8 Å². The Balaban J connectivity index is 2.19. The van der Waals surface area contributed by atoms with Crippen LogP contribution in [0.1, 0.15) is 42.5 Å². The second kappa shape index (κ2) is 8.97. The van der Waals surface area contributed by atoms with Gasteiger partial charge < -0.3 is 10.5 Å². The maximum absolute atomic E-state index is 11.0. The highest BCUT2D eigenvalue weighted by Gasteiger charge is 2.01. The molecule has 1 amide bonds. The molecule has 18 heavy (non-hydrogen) atoms. The van der Waals surface area contributed by atoms with E-state index >= 15 is 0 Å². The van der Waals surface area contributed by atoms with Crippen molar-refractivity contribution in [3.8, 4) is 5.75 Å². The van der Waals surface area contributed by atoms with E-state index in [9.17, 15) is 4.79 Å². The highest BCUT2D eigenvalue weighted by molar-refractivity contribution is 9.09. The highest BCUT2D eigenvalue weighted by Crippen LogP contribution is 2.14. The SMILES string of the molecule is NC(=O)c1cccc(OCCCCCCCBr)c1. The topological polar surface area (TPSA) is 52.3 Å². The number of benzene rings is 1. The van der Waals surface area contributed by atoms with Gasteiger partial charge in [-0.15, -0.1) is 0 Å². The summed E-state index contributed by atoms with van der Waals surface area (Å²) in [6.07, 6.45) is 5.98. The largest absolute Gasteiger partial charge is 0.494 e. The van der Waals surface area contributed by atoms with E-state index in [0.29, 0.717) is 17.9 Å². The first-order valence-corrected chi connectivity index (χ1v) is 7.45. The third-order valence-corrected chi connectivity index (χ3v) is 3.23. The number of rotatable bonds is 9. The van der Waals surface area contributed by atoms with Gasteiger partial charge in [0.05, 0.1) is 6.61 Å². The van der Waals surface area contributed by atoms with Crippen LogP contribution >= 0.6 is 15.9 Å². The van der Waals surface area contributed by atoms with Gasteiger partial charge in [-0.25, -0.2) is 0 Å². The number of nitrogens with two attached hydrogens (primary N) is 1. The molecule has 0 aliphatic rings. The van der Waals surface area contributed by atoms with Crippen LogP contribution in [0, 0.1) is 0 Å². The van der Waals surface area contributed by atoms with Crippen LogP contribution in [-0.2, 0) is 0 Å². The molecule has 100 valence electrons. The second-order valence-electron chi connectivity index (χ2n) is 4.20. The fourth-order valence-electron chi connectivity index (χ4n) is 1.66. The molecule has 0 bridgehead atoms. The van der Waals surface area contributed by atoms with Crippen LogP contribution in [-0.4, -0.2) is 17.8 Å². The quantitative estimate of drug-likeness (QED) is 0.560. The van der Waals surface area contributed by atoms with Crippen LogP contribution in [0.25, 0.3) is 0 Å². The molecule has 4 heteroatoms. The van der Waals surface area contributed by atoms with Gasteiger partial charge in [0, 0.05) is 10.9 Å². The number of carbonyl (C=O) groups is 1. The zero-order valence-corrected chi connectivity index (χ0v) is 12.1. The Morgan fingerprint density at radius 2 is 1.89 bits per heavy atom. The summed E-state index contributed by atoms with van der Waals surface area (Å²) >= 11 is 3.42. The minimum absolute atomic E-state index is 0.421. The van der Waals surface area contributed by atoms with Crippen molar-refractivity contribution < 1.29 is 9.53 Å². The molecule has 0 aliphatic heterocycles. The lowest BCUT2D eigenvalue weighted by Gasteiger charge is -2.06. The van der Waals surface area contributed by atoms with Crippen LogP contribution in [0.15, 0.2) is 24.3 Å². The average molecular weight is 314 g/mol. The number of amides is 1. The molecule has 1 rings (SSSR count). The molecule has 0 aliphatic carbocycles. The minimum Gasteiger partial charge on any atom is -0.494 e. The van der Waals surface area contributed by atoms with Crippen LogP contribution in [0.4, 0.5) is 0 Å². The first-order valence-electron chi connectivity index (χ1n) is 6.32. The number of halogens is 1. The van der Waals surface area contributed by atoms with Gasteiger partial charge in [0.1, 0.15) is 5.75 Å². The molecule has 1 aromatic rings. The van der Waals surface area contributed by atoms with Crippen molar-refractivity contribution in [1.82, 2.24) is 0 Å². The number of primary amides is 1. The summed E-state index contributed by atoms with van der Waals surface area (Å²) in [6, 6.07) is 7.01. The normalized spacial score (nSPS) is 10.3. The van der Waals surface area contributed by atoms with Crippen molar-refractivity contribution >= 4 is 21.8 Å². The van der Waals surface area contributed by atoms with Crippen molar-refractivity contribution in [3.63, 3.8) is 0 Å². The minimum atomic E-state index is -0.421. The number of alkyl halides is 1. The zero-order chi connectivity index (χ0) is 13.2. The number of ether oxygens (including phenoxy) is 1. The molecule has 0 saturated heterocycles. The van der Waals surface area contributed by atoms with Crippen LogP contribution < -0.4 is 10.5 Å². The lowest BCUT2D eigenvalue weighted by Crippen LogP contribution is -2.10. The maximum atomic E-state index is 11.0.